The molecule has 1 heterocycles. The minimum absolute atomic E-state index is 0.0245. The van der Waals surface area contributed by atoms with E-state index in [-0.39, 0.29) is 11.2 Å². The molecule has 1 aromatic carbocycles. The maximum atomic E-state index is 11.7. The number of aromatic nitrogens is 2. The van der Waals surface area contributed by atoms with Gasteiger partial charge in [-0.05, 0) is 19.4 Å². The predicted octanol–water partition coefficient (Wildman–Crippen LogP) is 2.97. The monoisotopic (exact) mass is 317 g/mol. The van der Waals surface area contributed by atoms with Gasteiger partial charge in [0, 0.05) is 12.1 Å². The van der Waals surface area contributed by atoms with Crippen molar-refractivity contribution in [1.29, 1.82) is 0 Å². The summed E-state index contributed by atoms with van der Waals surface area (Å²) >= 11 is 1.46. The van der Waals surface area contributed by atoms with Crippen molar-refractivity contribution in [2.75, 3.05) is 6.54 Å². The zero-order valence-corrected chi connectivity index (χ0v) is 13.5. The topological polar surface area (TPSA) is 68.0 Å². The summed E-state index contributed by atoms with van der Waals surface area (Å²) in [4.78, 5) is 16.1. The molecule has 1 amide bonds. The highest BCUT2D eigenvalue weighted by Gasteiger charge is 2.15. The van der Waals surface area contributed by atoms with Crippen LogP contribution in [0.2, 0.25) is 0 Å². The zero-order valence-electron chi connectivity index (χ0n) is 12.7. The molecule has 0 spiro atoms. The molecule has 1 unspecified atom stereocenters. The number of nitrogens with one attached hydrogen (secondary N) is 1. The summed E-state index contributed by atoms with van der Waals surface area (Å²) < 4.78 is 5.26. The number of amides is 1. The molecule has 116 valence electrons. The number of carbonyl (C=O) groups excluding carboxylic acids is 1. The highest BCUT2D eigenvalue weighted by atomic mass is 32.2. The Balaban J connectivity index is 1.94. The van der Waals surface area contributed by atoms with E-state index in [2.05, 4.69) is 22.0 Å². The average Bonchev–Trinajstić information content (AvgIpc) is 2.99. The fraction of sp³-hybridized carbons (Fsp3) is 0.312. The highest BCUT2D eigenvalue weighted by molar-refractivity contribution is 7.99. The number of hydrogen-bond donors (Lipinski definition) is 1. The minimum atomic E-state index is -0.186. The van der Waals surface area contributed by atoms with Gasteiger partial charge >= 0.3 is 0 Å². The Bertz CT molecular complexity index is 654. The predicted molar refractivity (Wildman–Crippen MR) is 88.4 cm³/mol. The summed E-state index contributed by atoms with van der Waals surface area (Å²) in [5.41, 5.74) is 2.05. The van der Waals surface area contributed by atoms with E-state index >= 15 is 0 Å². The molecule has 2 aromatic rings. The van der Waals surface area contributed by atoms with Gasteiger partial charge in [-0.2, -0.15) is 4.98 Å². The number of carbonyl (C=O) groups is 1. The second kappa shape index (κ2) is 7.79. The standard InChI is InChI=1S/C16H19N3O2S/c1-4-9-17-16(20)12(3)22-10-14-18-15(19-21-14)13-8-6-5-7-11(13)2/h4-8,12H,1,9-10H2,2-3H3,(H,17,20). The molecule has 0 aliphatic carbocycles. The smallest absolute Gasteiger partial charge is 0.236 e. The first-order chi connectivity index (χ1) is 10.6. The second-order valence-corrected chi connectivity index (χ2v) is 6.14. The van der Waals surface area contributed by atoms with Crippen LogP contribution in [-0.2, 0) is 10.5 Å². The van der Waals surface area contributed by atoms with Crippen molar-refractivity contribution in [3.05, 3.63) is 48.4 Å². The number of hydrogen-bond acceptors (Lipinski definition) is 5. The first-order valence-corrected chi connectivity index (χ1v) is 8.05. The van der Waals surface area contributed by atoms with Gasteiger partial charge in [0.05, 0.1) is 11.0 Å². The lowest BCUT2D eigenvalue weighted by molar-refractivity contribution is -0.120. The van der Waals surface area contributed by atoms with Gasteiger partial charge in [0.25, 0.3) is 0 Å². The van der Waals surface area contributed by atoms with Crippen LogP contribution in [0.5, 0.6) is 0 Å². The van der Waals surface area contributed by atoms with Crippen molar-refractivity contribution < 1.29 is 9.32 Å². The summed E-state index contributed by atoms with van der Waals surface area (Å²) in [7, 11) is 0. The summed E-state index contributed by atoms with van der Waals surface area (Å²) in [6, 6.07) is 7.88. The Morgan fingerprint density at radius 1 is 1.50 bits per heavy atom. The molecule has 0 fully saturated rings. The fourth-order valence-electron chi connectivity index (χ4n) is 1.84. The molecule has 0 saturated heterocycles. The van der Waals surface area contributed by atoms with Crippen LogP contribution in [0.4, 0.5) is 0 Å². The van der Waals surface area contributed by atoms with Crippen LogP contribution in [0.25, 0.3) is 11.4 Å². The van der Waals surface area contributed by atoms with Gasteiger partial charge in [-0.25, -0.2) is 0 Å². The minimum Gasteiger partial charge on any atom is -0.352 e. The number of benzene rings is 1. The summed E-state index contributed by atoms with van der Waals surface area (Å²) in [5, 5.41) is 6.58. The van der Waals surface area contributed by atoms with Crippen molar-refractivity contribution in [3.63, 3.8) is 0 Å². The molecule has 1 aromatic heterocycles. The Hall–Kier alpha value is -2.08. The van der Waals surface area contributed by atoms with E-state index in [0.29, 0.717) is 24.0 Å². The van der Waals surface area contributed by atoms with Crippen LogP contribution in [-0.4, -0.2) is 27.8 Å². The van der Waals surface area contributed by atoms with Crippen molar-refractivity contribution >= 4 is 17.7 Å². The first-order valence-electron chi connectivity index (χ1n) is 7.00. The van der Waals surface area contributed by atoms with Gasteiger partial charge in [0.1, 0.15) is 0 Å². The van der Waals surface area contributed by atoms with Crippen molar-refractivity contribution in [3.8, 4) is 11.4 Å². The van der Waals surface area contributed by atoms with E-state index in [0.717, 1.165) is 11.1 Å². The first kappa shape index (κ1) is 16.3. The Morgan fingerprint density at radius 3 is 3.00 bits per heavy atom. The molecule has 1 N–H and O–H groups in total. The quantitative estimate of drug-likeness (QED) is 0.795. The summed E-state index contributed by atoms with van der Waals surface area (Å²) in [6.45, 7) is 7.90. The fourth-order valence-corrected chi connectivity index (χ4v) is 2.58. The van der Waals surface area contributed by atoms with E-state index in [1.54, 1.807) is 6.08 Å². The van der Waals surface area contributed by atoms with E-state index < -0.39 is 0 Å². The molecule has 5 nitrogen and oxygen atoms in total. The van der Waals surface area contributed by atoms with Crippen molar-refractivity contribution in [2.45, 2.75) is 24.9 Å². The molecule has 1 atom stereocenters. The molecule has 0 saturated carbocycles. The van der Waals surface area contributed by atoms with Gasteiger partial charge in [-0.1, -0.05) is 35.5 Å². The summed E-state index contributed by atoms with van der Waals surface area (Å²) in [5.74, 6) is 1.58. The van der Waals surface area contributed by atoms with E-state index in [1.807, 2.05) is 38.1 Å². The van der Waals surface area contributed by atoms with Gasteiger partial charge < -0.3 is 9.84 Å². The van der Waals surface area contributed by atoms with E-state index in [4.69, 9.17) is 4.52 Å². The molecule has 0 bridgehead atoms. The van der Waals surface area contributed by atoms with E-state index in [9.17, 15) is 4.79 Å². The summed E-state index contributed by atoms with van der Waals surface area (Å²) in [6.07, 6.45) is 1.65. The third-order valence-electron chi connectivity index (χ3n) is 3.10. The number of rotatable bonds is 7. The molecule has 0 radical (unpaired) electrons. The molecule has 0 aliphatic rings. The molecular formula is C16H19N3O2S. The van der Waals surface area contributed by atoms with Crippen LogP contribution >= 0.6 is 11.8 Å². The van der Waals surface area contributed by atoms with Crippen LogP contribution in [0.15, 0.2) is 41.4 Å². The van der Waals surface area contributed by atoms with Crippen LogP contribution < -0.4 is 5.32 Å². The van der Waals surface area contributed by atoms with Gasteiger partial charge in [-0.3, -0.25) is 4.79 Å². The van der Waals surface area contributed by atoms with Crippen molar-refractivity contribution in [1.82, 2.24) is 15.5 Å². The lowest BCUT2D eigenvalue weighted by Gasteiger charge is -2.08. The molecular weight excluding hydrogens is 298 g/mol. The van der Waals surface area contributed by atoms with Gasteiger partial charge in [-0.15, -0.1) is 18.3 Å². The van der Waals surface area contributed by atoms with Crippen LogP contribution in [0.3, 0.4) is 0 Å². The molecule has 0 aliphatic heterocycles. The third kappa shape index (κ3) is 4.21. The second-order valence-electron chi connectivity index (χ2n) is 4.81. The highest BCUT2D eigenvalue weighted by Crippen LogP contribution is 2.22. The maximum absolute atomic E-state index is 11.7. The SMILES string of the molecule is C=CCNC(=O)C(C)SCc1nc(-c2ccccc2C)no1. The number of nitrogens with zero attached hydrogens (tertiary/aromatic N) is 2. The average molecular weight is 317 g/mol. The number of thioether (sulfide) groups is 1. The van der Waals surface area contributed by atoms with Gasteiger partial charge in [0.2, 0.25) is 17.6 Å². The zero-order chi connectivity index (χ0) is 15.9. The van der Waals surface area contributed by atoms with Crippen LogP contribution in [0.1, 0.15) is 18.4 Å². The Morgan fingerprint density at radius 2 is 2.27 bits per heavy atom. The molecule has 22 heavy (non-hydrogen) atoms. The normalized spacial score (nSPS) is 11.9. The molecule has 2 rings (SSSR count). The Labute approximate surface area is 134 Å². The van der Waals surface area contributed by atoms with Gasteiger partial charge in [0.15, 0.2) is 0 Å². The van der Waals surface area contributed by atoms with Crippen molar-refractivity contribution in [2.24, 2.45) is 0 Å². The lowest BCUT2D eigenvalue weighted by atomic mass is 10.1. The number of aryl methyl sites for hydroxylation is 1. The lowest BCUT2D eigenvalue weighted by Crippen LogP contribution is -2.30. The largest absolute Gasteiger partial charge is 0.352 e. The maximum Gasteiger partial charge on any atom is 0.236 e. The van der Waals surface area contributed by atoms with Crippen LogP contribution in [0, 0.1) is 6.92 Å². The molecule has 6 heteroatoms. The Kier molecular flexibility index (Phi) is 5.77. The third-order valence-corrected chi connectivity index (χ3v) is 4.23. The van der Waals surface area contributed by atoms with E-state index in [1.165, 1.54) is 11.8 Å².